The lowest BCUT2D eigenvalue weighted by Crippen LogP contribution is -2.42. The van der Waals surface area contributed by atoms with Gasteiger partial charge in [0, 0.05) is 36.9 Å². The van der Waals surface area contributed by atoms with E-state index in [2.05, 4.69) is 10.1 Å². The quantitative estimate of drug-likeness (QED) is 0.930. The number of hydrogen-bond acceptors (Lipinski definition) is 6. The van der Waals surface area contributed by atoms with Gasteiger partial charge in [-0.1, -0.05) is 5.16 Å². The van der Waals surface area contributed by atoms with Crippen LogP contribution >= 0.6 is 11.3 Å². The Morgan fingerprint density at radius 2 is 2.48 bits per heavy atom. The van der Waals surface area contributed by atoms with E-state index < -0.39 is 6.10 Å². The van der Waals surface area contributed by atoms with Gasteiger partial charge in [0.1, 0.15) is 0 Å². The summed E-state index contributed by atoms with van der Waals surface area (Å²) in [4.78, 5) is 18.1. The highest BCUT2D eigenvalue weighted by atomic mass is 32.1. The second-order valence-corrected chi connectivity index (χ2v) is 5.94. The predicted octanol–water partition coefficient (Wildman–Crippen LogP) is 1.71. The molecule has 0 spiro atoms. The fourth-order valence-corrected chi connectivity index (χ4v) is 3.05. The number of piperidine rings is 1. The molecule has 1 unspecified atom stereocenters. The Morgan fingerprint density at radius 1 is 1.57 bits per heavy atom. The number of hydrogen-bond donors (Lipinski definition) is 1. The van der Waals surface area contributed by atoms with E-state index in [4.69, 9.17) is 4.52 Å². The van der Waals surface area contributed by atoms with Crippen molar-refractivity contribution in [3.05, 3.63) is 22.7 Å². The maximum Gasteiger partial charge on any atom is 0.227 e. The van der Waals surface area contributed by atoms with E-state index in [1.165, 1.54) is 0 Å². The fraction of sp³-hybridized carbons (Fsp3) is 0.500. The van der Waals surface area contributed by atoms with Gasteiger partial charge in [0.25, 0.3) is 0 Å². The smallest absolute Gasteiger partial charge is 0.227 e. The van der Waals surface area contributed by atoms with Crippen molar-refractivity contribution in [2.45, 2.75) is 31.8 Å². The van der Waals surface area contributed by atoms with Crippen molar-refractivity contribution < 1.29 is 14.4 Å². The number of rotatable bonds is 4. The monoisotopic (exact) mass is 307 g/mol. The van der Waals surface area contributed by atoms with Gasteiger partial charge in [-0.15, -0.1) is 0 Å². The molecule has 0 aliphatic carbocycles. The zero-order valence-electron chi connectivity index (χ0n) is 11.6. The van der Waals surface area contributed by atoms with Crippen molar-refractivity contribution in [3.63, 3.8) is 0 Å². The zero-order chi connectivity index (χ0) is 14.7. The van der Waals surface area contributed by atoms with E-state index in [0.29, 0.717) is 31.1 Å². The molecule has 0 bridgehead atoms. The van der Waals surface area contributed by atoms with Gasteiger partial charge in [-0.3, -0.25) is 4.79 Å². The summed E-state index contributed by atoms with van der Waals surface area (Å²) in [6.07, 6.45) is 2.00. The lowest BCUT2D eigenvalue weighted by Gasteiger charge is -2.30. The van der Waals surface area contributed by atoms with Crippen LogP contribution in [0.15, 0.2) is 21.3 Å². The van der Waals surface area contributed by atoms with Crippen molar-refractivity contribution in [3.8, 4) is 11.4 Å². The lowest BCUT2D eigenvalue weighted by molar-refractivity contribution is -0.134. The van der Waals surface area contributed by atoms with Crippen LogP contribution in [0.5, 0.6) is 0 Å². The minimum Gasteiger partial charge on any atom is -0.391 e. The molecule has 1 amide bonds. The average Bonchev–Trinajstić information content (AvgIpc) is 3.15. The van der Waals surface area contributed by atoms with Gasteiger partial charge in [-0.05, 0) is 24.3 Å². The van der Waals surface area contributed by atoms with Crippen LogP contribution in [0.3, 0.4) is 0 Å². The Labute approximate surface area is 126 Å². The number of nitrogens with zero attached hydrogens (tertiary/aromatic N) is 3. The summed E-state index contributed by atoms with van der Waals surface area (Å²) in [6.45, 7) is 1.16. The van der Waals surface area contributed by atoms with E-state index in [0.717, 1.165) is 24.9 Å². The molecule has 1 fully saturated rings. The molecule has 1 saturated heterocycles. The van der Waals surface area contributed by atoms with Crippen molar-refractivity contribution in [1.29, 1.82) is 0 Å². The van der Waals surface area contributed by atoms with Gasteiger partial charge in [-0.2, -0.15) is 16.3 Å². The van der Waals surface area contributed by atoms with E-state index in [1.54, 1.807) is 16.2 Å². The predicted molar refractivity (Wildman–Crippen MR) is 77.8 cm³/mol. The molecule has 0 saturated carbocycles. The number of aliphatic hydroxyl groups excluding tert-OH is 1. The molecular weight excluding hydrogens is 290 g/mol. The van der Waals surface area contributed by atoms with Crippen LogP contribution in [0.1, 0.15) is 25.2 Å². The largest absolute Gasteiger partial charge is 0.391 e. The van der Waals surface area contributed by atoms with Gasteiger partial charge in [0.15, 0.2) is 0 Å². The average molecular weight is 307 g/mol. The molecule has 7 heteroatoms. The molecular formula is C14H17N3O3S. The van der Waals surface area contributed by atoms with Crippen LogP contribution < -0.4 is 0 Å². The van der Waals surface area contributed by atoms with Crippen LogP contribution in [-0.4, -0.2) is 45.2 Å². The standard InChI is InChI=1S/C14H17N3O3S/c18-11-2-1-6-17(8-11)13(19)4-3-12-15-14(16-20-12)10-5-7-21-9-10/h5,7,9,11,18H,1-4,6,8H2. The fourth-order valence-electron chi connectivity index (χ4n) is 2.42. The van der Waals surface area contributed by atoms with E-state index in [9.17, 15) is 9.90 Å². The molecule has 0 radical (unpaired) electrons. The first kappa shape index (κ1) is 14.2. The second-order valence-electron chi connectivity index (χ2n) is 5.16. The highest BCUT2D eigenvalue weighted by Gasteiger charge is 2.22. The number of aliphatic hydroxyl groups is 1. The van der Waals surface area contributed by atoms with Crippen LogP contribution in [-0.2, 0) is 11.2 Å². The second kappa shape index (κ2) is 6.36. The molecule has 2 aromatic heterocycles. The molecule has 21 heavy (non-hydrogen) atoms. The van der Waals surface area contributed by atoms with Crippen molar-refractivity contribution in [1.82, 2.24) is 15.0 Å². The number of amides is 1. The van der Waals surface area contributed by atoms with Gasteiger partial charge >= 0.3 is 0 Å². The van der Waals surface area contributed by atoms with Crippen molar-refractivity contribution >= 4 is 17.2 Å². The Morgan fingerprint density at radius 3 is 3.24 bits per heavy atom. The third kappa shape index (κ3) is 3.48. The Balaban J connectivity index is 1.54. The maximum atomic E-state index is 12.1. The summed E-state index contributed by atoms with van der Waals surface area (Å²) >= 11 is 1.57. The lowest BCUT2D eigenvalue weighted by atomic mass is 10.1. The van der Waals surface area contributed by atoms with Gasteiger partial charge in [0.2, 0.25) is 17.6 Å². The van der Waals surface area contributed by atoms with E-state index >= 15 is 0 Å². The normalized spacial score (nSPS) is 18.9. The van der Waals surface area contributed by atoms with Crippen LogP contribution in [0.2, 0.25) is 0 Å². The maximum absolute atomic E-state index is 12.1. The number of thiophene rings is 1. The number of β-amino-alcohol motifs (C(OH)–C–C–N with tert-alkyl or cyclic N) is 1. The third-order valence-corrected chi connectivity index (χ3v) is 4.23. The van der Waals surface area contributed by atoms with Gasteiger partial charge in [-0.25, -0.2) is 0 Å². The molecule has 3 heterocycles. The van der Waals surface area contributed by atoms with Crippen molar-refractivity contribution in [2.75, 3.05) is 13.1 Å². The summed E-state index contributed by atoms with van der Waals surface area (Å²) in [5.41, 5.74) is 0.931. The van der Waals surface area contributed by atoms with E-state index in [-0.39, 0.29) is 5.91 Å². The Hall–Kier alpha value is -1.73. The summed E-state index contributed by atoms with van der Waals surface area (Å²) in [7, 11) is 0. The minimum absolute atomic E-state index is 0.0315. The topological polar surface area (TPSA) is 79.5 Å². The summed E-state index contributed by atoms with van der Waals surface area (Å²) in [6, 6.07) is 1.93. The molecule has 3 rings (SSSR count). The van der Waals surface area contributed by atoms with Gasteiger partial charge in [0.05, 0.1) is 6.10 Å². The van der Waals surface area contributed by atoms with Crippen molar-refractivity contribution in [2.24, 2.45) is 0 Å². The SMILES string of the molecule is O=C(CCc1nc(-c2ccsc2)no1)N1CCCC(O)C1. The third-order valence-electron chi connectivity index (χ3n) is 3.55. The molecule has 0 aromatic carbocycles. The number of carbonyl (C=O) groups is 1. The first-order valence-electron chi connectivity index (χ1n) is 7.03. The Kier molecular flexibility index (Phi) is 4.31. The number of carbonyl (C=O) groups excluding carboxylic acids is 1. The zero-order valence-corrected chi connectivity index (χ0v) is 12.4. The number of likely N-dealkylation sites (tertiary alicyclic amines) is 1. The number of aryl methyl sites for hydroxylation is 1. The van der Waals surface area contributed by atoms with E-state index in [1.807, 2.05) is 16.8 Å². The first-order valence-corrected chi connectivity index (χ1v) is 7.97. The van der Waals surface area contributed by atoms with Crippen LogP contribution in [0.4, 0.5) is 0 Å². The molecule has 2 aromatic rings. The summed E-state index contributed by atoms with van der Waals surface area (Å²) in [5, 5.41) is 17.4. The van der Waals surface area contributed by atoms with Crippen LogP contribution in [0.25, 0.3) is 11.4 Å². The molecule has 1 atom stereocenters. The molecule has 112 valence electrons. The summed E-state index contributed by atoms with van der Waals surface area (Å²) in [5.74, 6) is 1.07. The van der Waals surface area contributed by atoms with Gasteiger partial charge < -0.3 is 14.5 Å². The molecule has 1 aliphatic heterocycles. The highest BCUT2D eigenvalue weighted by Crippen LogP contribution is 2.19. The highest BCUT2D eigenvalue weighted by molar-refractivity contribution is 7.08. The summed E-state index contributed by atoms with van der Waals surface area (Å²) < 4.78 is 5.17. The number of aromatic nitrogens is 2. The molecule has 6 nitrogen and oxygen atoms in total. The molecule has 1 aliphatic rings. The molecule has 1 N–H and O–H groups in total. The minimum atomic E-state index is -0.392. The Bertz CT molecular complexity index is 596. The van der Waals surface area contributed by atoms with Crippen LogP contribution in [0, 0.1) is 0 Å². The first-order chi connectivity index (χ1) is 10.2.